The summed E-state index contributed by atoms with van der Waals surface area (Å²) in [5.41, 5.74) is 3.91. The monoisotopic (exact) mass is 436 g/mol. The second kappa shape index (κ2) is 5.87. The number of carbonyl (C=O) groups excluding carboxylic acids is 2. The smallest absolute Gasteiger partial charge is 0.343 e. The van der Waals surface area contributed by atoms with Gasteiger partial charge in [0, 0.05) is 12.0 Å². The molecule has 0 aliphatic heterocycles. The van der Waals surface area contributed by atoms with Gasteiger partial charge in [-0.3, -0.25) is 4.79 Å². The Kier molecular flexibility index (Phi) is 4.19. The topological polar surface area (TPSA) is 43.4 Å². The summed E-state index contributed by atoms with van der Waals surface area (Å²) >= 11 is 6.84. The molecule has 23 heavy (non-hydrogen) atoms. The van der Waals surface area contributed by atoms with Crippen LogP contribution in [0.3, 0.4) is 0 Å². The zero-order chi connectivity index (χ0) is 16.8. The second-order valence-corrected chi connectivity index (χ2v) is 9.39. The van der Waals surface area contributed by atoms with Crippen molar-refractivity contribution in [2.75, 3.05) is 0 Å². The molecule has 2 aromatic rings. The average molecular weight is 438 g/mol. The summed E-state index contributed by atoms with van der Waals surface area (Å²) in [4.78, 5) is 24.7. The zero-order valence-electron chi connectivity index (χ0n) is 12.7. The number of fused-ring (bicyclic) bond motifs is 1. The van der Waals surface area contributed by atoms with E-state index in [0.29, 0.717) is 23.3 Å². The maximum atomic E-state index is 12.5. The summed E-state index contributed by atoms with van der Waals surface area (Å²) in [6, 6.07) is 10.5. The molecule has 0 saturated carbocycles. The summed E-state index contributed by atoms with van der Waals surface area (Å²) in [7, 11) is 0. The van der Waals surface area contributed by atoms with E-state index in [1.807, 2.05) is 19.9 Å². The Morgan fingerprint density at radius 3 is 2.43 bits per heavy atom. The fourth-order valence-electron chi connectivity index (χ4n) is 2.71. The highest BCUT2D eigenvalue weighted by Gasteiger charge is 2.42. The third kappa shape index (κ3) is 2.88. The Labute approximate surface area is 151 Å². The van der Waals surface area contributed by atoms with E-state index in [4.69, 9.17) is 4.74 Å². The Morgan fingerprint density at radius 1 is 1.13 bits per heavy atom. The van der Waals surface area contributed by atoms with Crippen LogP contribution in [0.15, 0.2) is 36.4 Å². The van der Waals surface area contributed by atoms with Crippen LogP contribution in [0, 0.1) is 13.8 Å². The standard InChI is InChI=1S/C18H14Br2O3/c1-10-11(2)15(23-17(22)12-6-4-3-5-7-12)8-13-14(10)9-18(19,20)16(13)21/h3-8H,9H2,1-2H3. The molecule has 0 fully saturated rings. The molecule has 0 amide bonds. The minimum atomic E-state index is -0.762. The highest BCUT2D eigenvalue weighted by Crippen LogP contribution is 2.45. The van der Waals surface area contributed by atoms with Crippen molar-refractivity contribution in [1.82, 2.24) is 0 Å². The summed E-state index contributed by atoms with van der Waals surface area (Å²) in [6.07, 6.45) is 0.570. The first-order chi connectivity index (χ1) is 10.8. The summed E-state index contributed by atoms with van der Waals surface area (Å²) in [5.74, 6) is -0.0452. The van der Waals surface area contributed by atoms with Crippen LogP contribution < -0.4 is 4.74 Å². The van der Waals surface area contributed by atoms with Gasteiger partial charge in [-0.15, -0.1) is 0 Å². The fourth-order valence-corrected chi connectivity index (χ4v) is 3.70. The molecule has 0 spiro atoms. The van der Waals surface area contributed by atoms with Gasteiger partial charge in [0.15, 0.2) is 5.78 Å². The van der Waals surface area contributed by atoms with Gasteiger partial charge in [0.2, 0.25) is 0 Å². The molecule has 118 valence electrons. The van der Waals surface area contributed by atoms with Crippen molar-refractivity contribution in [3.05, 3.63) is 64.2 Å². The Morgan fingerprint density at radius 2 is 1.78 bits per heavy atom. The molecule has 2 aromatic carbocycles. The van der Waals surface area contributed by atoms with E-state index in [1.54, 1.807) is 30.3 Å². The fraction of sp³-hybridized carbons (Fsp3) is 0.222. The van der Waals surface area contributed by atoms with Crippen LogP contribution in [0.4, 0.5) is 0 Å². The highest BCUT2D eigenvalue weighted by atomic mass is 79.9. The predicted octanol–water partition coefficient (Wildman–Crippen LogP) is 4.75. The molecule has 1 aliphatic rings. The normalized spacial score (nSPS) is 15.4. The molecule has 0 saturated heterocycles. The summed E-state index contributed by atoms with van der Waals surface area (Å²) in [5, 5.41) is 0. The third-order valence-corrected chi connectivity index (χ3v) is 5.45. The van der Waals surface area contributed by atoms with E-state index in [0.717, 1.165) is 16.7 Å². The number of alkyl halides is 2. The molecule has 0 unspecified atom stereocenters. The Hall–Kier alpha value is -1.46. The van der Waals surface area contributed by atoms with E-state index < -0.39 is 9.20 Å². The lowest BCUT2D eigenvalue weighted by molar-refractivity contribution is 0.0732. The first-order valence-electron chi connectivity index (χ1n) is 7.14. The number of Topliss-reactive ketones (excluding diaryl/α,β-unsaturated/α-hetero) is 1. The van der Waals surface area contributed by atoms with Crippen molar-refractivity contribution < 1.29 is 14.3 Å². The van der Waals surface area contributed by atoms with Gasteiger partial charge in [-0.1, -0.05) is 50.1 Å². The van der Waals surface area contributed by atoms with Crippen LogP contribution in [-0.4, -0.2) is 15.0 Å². The maximum Gasteiger partial charge on any atom is 0.343 e. The number of halogens is 2. The number of ether oxygens (including phenoxy) is 1. The number of rotatable bonds is 2. The molecule has 0 atom stereocenters. The first-order valence-corrected chi connectivity index (χ1v) is 8.73. The minimum absolute atomic E-state index is 0.0485. The van der Waals surface area contributed by atoms with E-state index in [-0.39, 0.29) is 5.78 Å². The average Bonchev–Trinajstić information content (AvgIpc) is 2.76. The van der Waals surface area contributed by atoms with Gasteiger partial charge in [0.1, 0.15) is 8.98 Å². The lowest BCUT2D eigenvalue weighted by atomic mass is 9.98. The zero-order valence-corrected chi connectivity index (χ0v) is 15.8. The van der Waals surface area contributed by atoms with Crippen molar-refractivity contribution in [3.63, 3.8) is 0 Å². The van der Waals surface area contributed by atoms with Gasteiger partial charge in [0.25, 0.3) is 0 Å². The summed E-state index contributed by atoms with van der Waals surface area (Å²) < 4.78 is 4.77. The Balaban J connectivity index is 2.00. The molecule has 3 nitrogen and oxygen atoms in total. The van der Waals surface area contributed by atoms with E-state index in [2.05, 4.69) is 31.9 Å². The van der Waals surface area contributed by atoms with Crippen LogP contribution >= 0.6 is 31.9 Å². The molecule has 3 rings (SSSR count). The molecule has 0 N–H and O–H groups in total. The van der Waals surface area contributed by atoms with E-state index in [9.17, 15) is 9.59 Å². The highest BCUT2D eigenvalue weighted by molar-refractivity contribution is 9.26. The van der Waals surface area contributed by atoms with Crippen LogP contribution in [0.25, 0.3) is 0 Å². The number of hydrogen-bond donors (Lipinski definition) is 0. The van der Waals surface area contributed by atoms with Crippen LogP contribution in [0.5, 0.6) is 5.75 Å². The van der Waals surface area contributed by atoms with Gasteiger partial charge < -0.3 is 4.74 Å². The van der Waals surface area contributed by atoms with Crippen molar-refractivity contribution in [3.8, 4) is 5.75 Å². The number of hydrogen-bond acceptors (Lipinski definition) is 3. The number of ketones is 1. The van der Waals surface area contributed by atoms with Gasteiger partial charge in [-0.05, 0) is 48.7 Å². The largest absolute Gasteiger partial charge is 0.423 e. The number of carbonyl (C=O) groups is 2. The molecule has 0 heterocycles. The number of benzene rings is 2. The van der Waals surface area contributed by atoms with Crippen LogP contribution in [-0.2, 0) is 6.42 Å². The lowest BCUT2D eigenvalue weighted by Crippen LogP contribution is -2.19. The van der Waals surface area contributed by atoms with Crippen molar-refractivity contribution in [2.24, 2.45) is 0 Å². The molecule has 0 radical (unpaired) electrons. The SMILES string of the molecule is Cc1c(OC(=O)c2ccccc2)cc2c(c1C)CC(Br)(Br)C2=O. The molecule has 1 aliphatic carbocycles. The number of esters is 1. The van der Waals surface area contributed by atoms with Gasteiger partial charge in [-0.2, -0.15) is 0 Å². The lowest BCUT2D eigenvalue weighted by Gasteiger charge is -2.13. The second-order valence-electron chi connectivity index (χ2n) is 5.62. The third-order valence-electron chi connectivity index (χ3n) is 4.17. The quantitative estimate of drug-likeness (QED) is 0.387. The van der Waals surface area contributed by atoms with E-state index >= 15 is 0 Å². The van der Waals surface area contributed by atoms with Gasteiger partial charge in [0.05, 0.1) is 5.56 Å². The molecule has 0 aromatic heterocycles. The van der Waals surface area contributed by atoms with E-state index in [1.165, 1.54) is 0 Å². The Bertz CT molecular complexity index is 811. The van der Waals surface area contributed by atoms with Gasteiger partial charge >= 0.3 is 5.97 Å². The molecular formula is C18H14Br2O3. The van der Waals surface area contributed by atoms with Crippen LogP contribution in [0.1, 0.15) is 37.4 Å². The predicted molar refractivity (Wildman–Crippen MR) is 95.9 cm³/mol. The summed E-state index contributed by atoms with van der Waals surface area (Å²) in [6.45, 7) is 3.85. The molecular weight excluding hydrogens is 424 g/mol. The maximum absolute atomic E-state index is 12.5. The minimum Gasteiger partial charge on any atom is -0.423 e. The first kappa shape index (κ1) is 16.4. The van der Waals surface area contributed by atoms with Crippen molar-refractivity contribution in [2.45, 2.75) is 23.5 Å². The van der Waals surface area contributed by atoms with Gasteiger partial charge in [-0.25, -0.2) is 4.79 Å². The van der Waals surface area contributed by atoms with Crippen LogP contribution in [0.2, 0.25) is 0 Å². The van der Waals surface area contributed by atoms with Crippen molar-refractivity contribution in [1.29, 1.82) is 0 Å². The van der Waals surface area contributed by atoms with Crippen molar-refractivity contribution >= 4 is 43.6 Å². The molecule has 5 heteroatoms. The molecule has 0 bridgehead atoms.